The summed E-state index contributed by atoms with van der Waals surface area (Å²) in [5.41, 5.74) is 22.0. The Balaban J connectivity index is 5.46. The molecule has 13 nitrogen and oxygen atoms in total. The molecule has 0 spiro atoms. The van der Waals surface area contributed by atoms with Crippen molar-refractivity contribution in [3.05, 3.63) is 0 Å². The van der Waals surface area contributed by atoms with Gasteiger partial charge in [0.05, 0.1) is 12.5 Å². The lowest BCUT2D eigenvalue weighted by Gasteiger charge is -2.26. The van der Waals surface area contributed by atoms with Crippen molar-refractivity contribution in [2.75, 3.05) is 13.1 Å². The minimum atomic E-state index is -1.53. The first kappa shape index (κ1) is 32.2. The molecule has 0 aromatic rings. The normalized spacial score (nSPS) is 14.5. The van der Waals surface area contributed by atoms with Crippen molar-refractivity contribution in [1.82, 2.24) is 16.0 Å². The van der Waals surface area contributed by atoms with E-state index in [1.165, 1.54) is 0 Å². The topological polar surface area (TPSA) is 246 Å². The van der Waals surface area contributed by atoms with E-state index in [1.807, 2.05) is 13.8 Å². The van der Waals surface area contributed by atoms with E-state index >= 15 is 0 Å². The molecular formula is C22H43N7O6. The largest absolute Gasteiger partial charge is 0.480 e. The molecule has 0 bridgehead atoms. The van der Waals surface area contributed by atoms with Gasteiger partial charge in [0.15, 0.2) is 0 Å². The number of carboxylic acid groups (broad SMARTS) is 1. The minimum absolute atomic E-state index is 0.0354. The number of carbonyl (C=O) groups is 5. The maximum atomic E-state index is 13.1. The highest BCUT2D eigenvalue weighted by Gasteiger charge is 2.31. The number of primary amides is 1. The minimum Gasteiger partial charge on any atom is -0.480 e. The van der Waals surface area contributed by atoms with Gasteiger partial charge in [-0.15, -0.1) is 0 Å². The van der Waals surface area contributed by atoms with Crippen LogP contribution < -0.4 is 38.9 Å². The van der Waals surface area contributed by atoms with Crippen molar-refractivity contribution in [1.29, 1.82) is 0 Å². The second-order valence-corrected chi connectivity index (χ2v) is 9.00. The third-order valence-electron chi connectivity index (χ3n) is 5.25. The molecule has 0 saturated carbocycles. The summed E-state index contributed by atoms with van der Waals surface area (Å²) >= 11 is 0. The molecule has 13 heteroatoms. The van der Waals surface area contributed by atoms with E-state index in [0.717, 1.165) is 6.42 Å². The molecule has 0 rings (SSSR count). The van der Waals surface area contributed by atoms with Gasteiger partial charge in [-0.1, -0.05) is 20.3 Å². The smallest absolute Gasteiger partial charge is 0.326 e. The highest BCUT2D eigenvalue weighted by Crippen LogP contribution is 2.09. The third-order valence-corrected chi connectivity index (χ3v) is 5.25. The molecule has 4 amide bonds. The molecule has 0 heterocycles. The summed E-state index contributed by atoms with van der Waals surface area (Å²) in [5, 5.41) is 16.8. The predicted molar refractivity (Wildman–Crippen MR) is 130 cm³/mol. The van der Waals surface area contributed by atoms with Gasteiger partial charge in [-0.3, -0.25) is 19.2 Å². The summed E-state index contributed by atoms with van der Waals surface area (Å²) in [4.78, 5) is 60.9. The lowest BCUT2D eigenvalue weighted by Crippen LogP contribution is -2.57. The molecule has 12 N–H and O–H groups in total. The van der Waals surface area contributed by atoms with Crippen LogP contribution in [0.25, 0.3) is 0 Å². The van der Waals surface area contributed by atoms with Crippen LogP contribution in [0.2, 0.25) is 0 Å². The number of amides is 4. The molecule has 4 atom stereocenters. The van der Waals surface area contributed by atoms with E-state index in [0.29, 0.717) is 38.8 Å². The van der Waals surface area contributed by atoms with Crippen LogP contribution in [-0.4, -0.2) is 72.0 Å². The SMILES string of the molecule is CC(C)CC(NC(=O)C(CCCCN)NC(=O)C(N)CCCCN)C(=O)NC(CC(N)=O)C(=O)O. The summed E-state index contributed by atoms with van der Waals surface area (Å²) in [6.07, 6.45) is 2.87. The molecule has 202 valence electrons. The van der Waals surface area contributed by atoms with Crippen LogP contribution in [0.3, 0.4) is 0 Å². The Labute approximate surface area is 206 Å². The van der Waals surface area contributed by atoms with Gasteiger partial charge in [0.25, 0.3) is 0 Å². The van der Waals surface area contributed by atoms with Crippen molar-refractivity contribution >= 4 is 29.6 Å². The van der Waals surface area contributed by atoms with Gasteiger partial charge in [-0.05, 0) is 57.5 Å². The first-order valence-corrected chi connectivity index (χ1v) is 12.0. The molecule has 0 radical (unpaired) electrons. The fraction of sp³-hybridized carbons (Fsp3) is 0.773. The van der Waals surface area contributed by atoms with Crippen LogP contribution in [0, 0.1) is 5.92 Å². The fourth-order valence-electron chi connectivity index (χ4n) is 3.33. The average molecular weight is 502 g/mol. The molecule has 4 unspecified atom stereocenters. The van der Waals surface area contributed by atoms with E-state index in [2.05, 4.69) is 16.0 Å². The summed E-state index contributed by atoms with van der Waals surface area (Å²) in [5.74, 6) is -4.23. The Bertz CT molecular complexity index is 704. The van der Waals surface area contributed by atoms with E-state index in [4.69, 9.17) is 22.9 Å². The predicted octanol–water partition coefficient (Wildman–Crippen LogP) is -1.97. The number of unbranched alkanes of at least 4 members (excludes halogenated alkanes) is 2. The number of nitrogens with one attached hydrogen (secondary N) is 3. The zero-order chi connectivity index (χ0) is 27.0. The van der Waals surface area contributed by atoms with Gasteiger partial charge < -0.3 is 44.0 Å². The number of carboxylic acids is 1. The number of carbonyl (C=O) groups excluding carboxylic acids is 4. The van der Waals surface area contributed by atoms with Gasteiger partial charge in [0.2, 0.25) is 23.6 Å². The molecule has 35 heavy (non-hydrogen) atoms. The van der Waals surface area contributed by atoms with Crippen LogP contribution in [0.15, 0.2) is 0 Å². The Kier molecular flexibility index (Phi) is 16.2. The zero-order valence-corrected chi connectivity index (χ0v) is 20.8. The fourth-order valence-corrected chi connectivity index (χ4v) is 3.33. The maximum Gasteiger partial charge on any atom is 0.326 e. The number of hydrogen-bond acceptors (Lipinski definition) is 8. The number of aliphatic carboxylic acids is 1. The average Bonchev–Trinajstić information content (AvgIpc) is 2.76. The third kappa shape index (κ3) is 14.3. The maximum absolute atomic E-state index is 13.1. The Morgan fingerprint density at radius 1 is 0.743 bits per heavy atom. The Morgan fingerprint density at radius 3 is 1.71 bits per heavy atom. The molecule has 0 aliphatic carbocycles. The van der Waals surface area contributed by atoms with E-state index in [-0.39, 0.29) is 18.8 Å². The first-order valence-electron chi connectivity index (χ1n) is 12.0. The van der Waals surface area contributed by atoms with Gasteiger partial charge in [0, 0.05) is 0 Å². The second kappa shape index (κ2) is 17.6. The highest BCUT2D eigenvalue weighted by atomic mass is 16.4. The number of nitrogens with two attached hydrogens (primary N) is 4. The van der Waals surface area contributed by atoms with Gasteiger partial charge in [0.1, 0.15) is 18.1 Å². The Hall–Kier alpha value is -2.77. The van der Waals surface area contributed by atoms with Crippen molar-refractivity contribution in [2.45, 2.75) is 89.4 Å². The van der Waals surface area contributed by atoms with Gasteiger partial charge in [-0.2, -0.15) is 0 Å². The molecule has 0 aromatic carbocycles. The van der Waals surface area contributed by atoms with Crippen molar-refractivity contribution in [2.24, 2.45) is 28.9 Å². The van der Waals surface area contributed by atoms with Crippen LogP contribution in [0.5, 0.6) is 0 Å². The lowest BCUT2D eigenvalue weighted by atomic mass is 10.0. The molecule has 0 saturated heterocycles. The summed E-state index contributed by atoms with van der Waals surface area (Å²) in [6, 6.07) is -4.40. The monoisotopic (exact) mass is 501 g/mol. The van der Waals surface area contributed by atoms with Crippen LogP contribution >= 0.6 is 0 Å². The van der Waals surface area contributed by atoms with Crippen molar-refractivity contribution in [3.63, 3.8) is 0 Å². The molecule has 0 aliphatic rings. The lowest BCUT2D eigenvalue weighted by molar-refractivity contribution is -0.144. The second-order valence-electron chi connectivity index (χ2n) is 9.00. The first-order chi connectivity index (χ1) is 16.4. The number of hydrogen-bond donors (Lipinski definition) is 8. The molecule has 0 fully saturated rings. The van der Waals surface area contributed by atoms with Crippen molar-refractivity contribution in [3.8, 4) is 0 Å². The van der Waals surface area contributed by atoms with Crippen LogP contribution in [0.1, 0.15) is 65.2 Å². The summed E-state index contributed by atoms with van der Waals surface area (Å²) < 4.78 is 0. The highest BCUT2D eigenvalue weighted by molar-refractivity contribution is 5.94. The standard InChI is InChI=1S/C22H43N7O6/c1-13(2)11-16(21(33)29-17(22(34)35)12-18(26)30)28-20(32)15(8-4-6-10-24)27-19(31)14(25)7-3-5-9-23/h13-17H,3-12,23-25H2,1-2H3,(H2,26,30)(H,27,31)(H,28,32)(H,29,33)(H,34,35). The molecular weight excluding hydrogens is 458 g/mol. The summed E-state index contributed by atoms with van der Waals surface area (Å²) in [7, 11) is 0. The van der Waals surface area contributed by atoms with E-state index in [1.54, 1.807) is 0 Å². The van der Waals surface area contributed by atoms with Gasteiger partial charge >= 0.3 is 5.97 Å². The van der Waals surface area contributed by atoms with E-state index < -0.39 is 60.2 Å². The summed E-state index contributed by atoms with van der Waals surface area (Å²) in [6.45, 7) is 4.55. The number of rotatable bonds is 19. The van der Waals surface area contributed by atoms with Crippen LogP contribution in [0.4, 0.5) is 0 Å². The van der Waals surface area contributed by atoms with Gasteiger partial charge in [-0.25, -0.2) is 4.79 Å². The quantitative estimate of drug-likeness (QED) is 0.0913. The van der Waals surface area contributed by atoms with E-state index in [9.17, 15) is 29.1 Å². The zero-order valence-electron chi connectivity index (χ0n) is 20.8. The molecule has 0 aliphatic heterocycles. The Morgan fingerprint density at radius 2 is 1.23 bits per heavy atom. The van der Waals surface area contributed by atoms with Crippen molar-refractivity contribution < 1.29 is 29.1 Å². The van der Waals surface area contributed by atoms with Crippen LogP contribution in [-0.2, 0) is 24.0 Å². The molecule has 0 aromatic heterocycles.